The van der Waals surface area contributed by atoms with Gasteiger partial charge in [-0.25, -0.2) is 9.50 Å². The maximum Gasteiger partial charge on any atom is 0.252 e. The molecule has 1 aliphatic rings. The van der Waals surface area contributed by atoms with E-state index in [1.807, 2.05) is 24.8 Å². The van der Waals surface area contributed by atoms with Crippen molar-refractivity contribution in [2.24, 2.45) is 0 Å². The number of hydrogen-bond acceptors (Lipinski definition) is 5. The maximum atomic E-state index is 12.4. The zero-order chi connectivity index (χ0) is 15.0. The fourth-order valence-electron chi connectivity index (χ4n) is 2.73. The number of rotatable bonds is 2. The van der Waals surface area contributed by atoms with E-state index in [-0.39, 0.29) is 18.4 Å². The van der Waals surface area contributed by atoms with Gasteiger partial charge in [-0.2, -0.15) is 4.98 Å². The molecule has 2 aromatic heterocycles. The molecule has 0 unspecified atom stereocenters. The van der Waals surface area contributed by atoms with E-state index in [1.54, 1.807) is 4.52 Å². The number of aromatic nitrogens is 4. The highest BCUT2D eigenvalue weighted by Gasteiger charge is 2.24. The van der Waals surface area contributed by atoms with Crippen LogP contribution in [0.4, 0.5) is 0 Å². The maximum absolute atomic E-state index is 12.4. The standard InChI is InChI=1S/C14H20N6O/c1-9-6-10(2)20-14(16-9)17-12(18-20)7-13(21)19-5-4-15-8-11(19)3/h6,11,15H,4-5,7-8H2,1-3H3/t11-/m1/s1. The number of nitrogens with one attached hydrogen (secondary N) is 1. The Balaban J connectivity index is 1.81. The fraction of sp³-hybridized carbons (Fsp3) is 0.571. The molecule has 1 saturated heterocycles. The highest BCUT2D eigenvalue weighted by molar-refractivity contribution is 5.78. The molecule has 3 rings (SSSR count). The molecule has 7 nitrogen and oxygen atoms in total. The minimum Gasteiger partial charge on any atom is -0.337 e. The van der Waals surface area contributed by atoms with Gasteiger partial charge in [-0.15, -0.1) is 5.10 Å². The predicted molar refractivity (Wildman–Crippen MR) is 78.0 cm³/mol. The zero-order valence-electron chi connectivity index (χ0n) is 12.6. The van der Waals surface area contributed by atoms with Crippen LogP contribution in [0.1, 0.15) is 24.1 Å². The second-order valence-corrected chi connectivity index (χ2v) is 5.60. The lowest BCUT2D eigenvalue weighted by atomic mass is 10.2. The van der Waals surface area contributed by atoms with Gasteiger partial charge in [-0.1, -0.05) is 0 Å². The molecule has 0 aromatic carbocycles. The highest BCUT2D eigenvalue weighted by Crippen LogP contribution is 2.09. The molecule has 1 atom stereocenters. The fourth-order valence-corrected chi connectivity index (χ4v) is 2.73. The Kier molecular flexibility index (Phi) is 3.59. The van der Waals surface area contributed by atoms with Crippen LogP contribution < -0.4 is 5.32 Å². The minimum atomic E-state index is 0.0780. The third-order valence-corrected chi connectivity index (χ3v) is 3.79. The van der Waals surface area contributed by atoms with Gasteiger partial charge >= 0.3 is 0 Å². The van der Waals surface area contributed by atoms with Gasteiger partial charge in [0.25, 0.3) is 5.78 Å². The summed E-state index contributed by atoms with van der Waals surface area (Å²) in [5, 5.41) is 7.67. The van der Waals surface area contributed by atoms with Crippen molar-refractivity contribution in [1.29, 1.82) is 0 Å². The van der Waals surface area contributed by atoms with Crippen LogP contribution in [0, 0.1) is 13.8 Å². The van der Waals surface area contributed by atoms with Crippen LogP contribution in [0.25, 0.3) is 5.78 Å². The van der Waals surface area contributed by atoms with Crippen LogP contribution in [0.5, 0.6) is 0 Å². The molecule has 21 heavy (non-hydrogen) atoms. The highest BCUT2D eigenvalue weighted by atomic mass is 16.2. The molecular formula is C14H20N6O. The first-order valence-corrected chi connectivity index (χ1v) is 7.24. The number of carbonyl (C=O) groups excluding carboxylic acids is 1. The molecule has 1 N–H and O–H groups in total. The molecule has 2 aromatic rings. The van der Waals surface area contributed by atoms with Gasteiger partial charge in [0.15, 0.2) is 5.82 Å². The number of aryl methyl sites for hydroxylation is 2. The monoisotopic (exact) mass is 288 g/mol. The van der Waals surface area contributed by atoms with Gasteiger partial charge in [-0.3, -0.25) is 4.79 Å². The van der Waals surface area contributed by atoms with E-state index < -0.39 is 0 Å². The van der Waals surface area contributed by atoms with Crippen molar-refractivity contribution < 1.29 is 4.79 Å². The van der Waals surface area contributed by atoms with Crippen LogP contribution in [0.15, 0.2) is 6.07 Å². The lowest BCUT2D eigenvalue weighted by Gasteiger charge is -2.33. The average Bonchev–Trinajstić information content (AvgIpc) is 2.81. The summed E-state index contributed by atoms with van der Waals surface area (Å²) in [6, 6.07) is 2.16. The van der Waals surface area contributed by atoms with Crippen LogP contribution in [-0.2, 0) is 11.2 Å². The van der Waals surface area contributed by atoms with E-state index in [4.69, 9.17) is 0 Å². The van der Waals surface area contributed by atoms with Crippen molar-refractivity contribution in [3.63, 3.8) is 0 Å². The molecule has 0 spiro atoms. The summed E-state index contributed by atoms with van der Waals surface area (Å²) in [7, 11) is 0. The van der Waals surface area contributed by atoms with Gasteiger partial charge < -0.3 is 10.2 Å². The Morgan fingerprint density at radius 1 is 1.43 bits per heavy atom. The van der Waals surface area contributed by atoms with E-state index in [0.29, 0.717) is 11.6 Å². The average molecular weight is 288 g/mol. The first kappa shape index (κ1) is 13.9. The molecule has 7 heteroatoms. The Bertz CT molecular complexity index is 679. The normalized spacial score (nSPS) is 19.2. The van der Waals surface area contributed by atoms with Gasteiger partial charge in [0.05, 0.1) is 6.42 Å². The van der Waals surface area contributed by atoms with E-state index >= 15 is 0 Å². The molecule has 112 valence electrons. The molecule has 0 radical (unpaired) electrons. The number of hydrogen-bond donors (Lipinski definition) is 1. The molecule has 1 aliphatic heterocycles. The van der Waals surface area contributed by atoms with Crippen molar-refractivity contribution >= 4 is 11.7 Å². The summed E-state index contributed by atoms with van der Waals surface area (Å²) in [6.45, 7) is 8.36. The van der Waals surface area contributed by atoms with Crippen molar-refractivity contribution in [1.82, 2.24) is 29.8 Å². The Morgan fingerprint density at radius 2 is 2.24 bits per heavy atom. The molecule has 0 bridgehead atoms. The van der Waals surface area contributed by atoms with Crippen molar-refractivity contribution in [3.05, 3.63) is 23.3 Å². The molecule has 1 amide bonds. The smallest absolute Gasteiger partial charge is 0.252 e. The number of carbonyl (C=O) groups is 1. The largest absolute Gasteiger partial charge is 0.337 e. The summed E-state index contributed by atoms with van der Waals surface area (Å²) >= 11 is 0. The van der Waals surface area contributed by atoms with E-state index in [2.05, 4.69) is 27.3 Å². The van der Waals surface area contributed by atoms with E-state index in [0.717, 1.165) is 31.0 Å². The molecule has 0 aliphatic carbocycles. The molecule has 0 saturated carbocycles. The third-order valence-electron chi connectivity index (χ3n) is 3.79. The first-order chi connectivity index (χ1) is 10.0. The van der Waals surface area contributed by atoms with Crippen LogP contribution in [-0.4, -0.2) is 56.1 Å². The van der Waals surface area contributed by atoms with Crippen molar-refractivity contribution in [2.45, 2.75) is 33.2 Å². The van der Waals surface area contributed by atoms with E-state index in [1.165, 1.54) is 0 Å². The second-order valence-electron chi connectivity index (χ2n) is 5.60. The van der Waals surface area contributed by atoms with Gasteiger partial charge in [0.2, 0.25) is 5.91 Å². The van der Waals surface area contributed by atoms with Gasteiger partial charge in [-0.05, 0) is 26.8 Å². The lowest BCUT2D eigenvalue weighted by Crippen LogP contribution is -2.52. The van der Waals surface area contributed by atoms with Crippen LogP contribution in [0.2, 0.25) is 0 Å². The molecular weight excluding hydrogens is 268 g/mol. The molecule has 1 fully saturated rings. The Labute approximate surface area is 123 Å². The van der Waals surface area contributed by atoms with Crippen molar-refractivity contribution in [3.8, 4) is 0 Å². The number of piperazine rings is 1. The Hall–Kier alpha value is -2.02. The van der Waals surface area contributed by atoms with Gasteiger partial charge in [0, 0.05) is 37.1 Å². The van der Waals surface area contributed by atoms with Crippen molar-refractivity contribution in [2.75, 3.05) is 19.6 Å². The predicted octanol–water partition coefficient (Wildman–Crippen LogP) is 0.104. The second kappa shape index (κ2) is 5.40. The topological polar surface area (TPSA) is 75.4 Å². The molecule has 3 heterocycles. The van der Waals surface area contributed by atoms with E-state index in [9.17, 15) is 4.79 Å². The summed E-state index contributed by atoms with van der Waals surface area (Å²) in [5.74, 6) is 1.17. The summed E-state index contributed by atoms with van der Waals surface area (Å²) < 4.78 is 1.69. The number of nitrogens with zero attached hydrogens (tertiary/aromatic N) is 5. The summed E-state index contributed by atoms with van der Waals surface area (Å²) in [5.41, 5.74) is 1.88. The minimum absolute atomic E-state index is 0.0780. The van der Waals surface area contributed by atoms with Gasteiger partial charge in [0.1, 0.15) is 0 Å². The summed E-state index contributed by atoms with van der Waals surface area (Å²) in [4.78, 5) is 23.0. The zero-order valence-corrected chi connectivity index (χ0v) is 12.6. The SMILES string of the molecule is Cc1cc(C)n2nc(CC(=O)N3CCNC[C@H]3C)nc2n1. The van der Waals surface area contributed by atoms with Crippen LogP contribution in [0.3, 0.4) is 0 Å². The van der Waals surface area contributed by atoms with Crippen LogP contribution >= 0.6 is 0 Å². The lowest BCUT2D eigenvalue weighted by molar-refractivity contribution is -0.133. The Morgan fingerprint density at radius 3 is 3.00 bits per heavy atom. The number of amides is 1. The summed E-state index contributed by atoms with van der Waals surface area (Å²) in [6.07, 6.45) is 0.228. The quantitative estimate of drug-likeness (QED) is 0.848. The first-order valence-electron chi connectivity index (χ1n) is 7.24. The number of fused-ring (bicyclic) bond motifs is 1. The third kappa shape index (κ3) is 2.73.